The molecule has 4 atom stereocenters. The second-order valence-corrected chi connectivity index (χ2v) is 11.4. The number of anilines is 1. The predicted octanol–water partition coefficient (Wildman–Crippen LogP) is 4.82. The molecule has 1 aliphatic heterocycles. The molecule has 6 rings (SSSR count). The lowest BCUT2D eigenvalue weighted by molar-refractivity contribution is -0.384. The molecule has 2 aromatic carbocycles. The largest absolute Gasteiger partial charge is 0.504 e. The molecule has 2 amide bonds. The number of nitro benzene ring substituents is 1. The van der Waals surface area contributed by atoms with Crippen molar-refractivity contribution < 1.29 is 33.9 Å². The van der Waals surface area contributed by atoms with Gasteiger partial charge in [-0.1, -0.05) is 35.9 Å². The van der Waals surface area contributed by atoms with Crippen molar-refractivity contribution in [3.63, 3.8) is 0 Å². The van der Waals surface area contributed by atoms with Gasteiger partial charge in [-0.25, -0.2) is 4.90 Å². The number of fused-ring (bicyclic) bond motifs is 3. The van der Waals surface area contributed by atoms with E-state index in [1.165, 1.54) is 43.5 Å². The molecular formula is C31H23BrN2O8. The monoisotopic (exact) mass is 630 g/mol. The van der Waals surface area contributed by atoms with Crippen LogP contribution in [-0.2, 0) is 19.2 Å². The third-order valence-corrected chi connectivity index (χ3v) is 8.95. The van der Waals surface area contributed by atoms with Gasteiger partial charge in [-0.2, -0.15) is 0 Å². The maximum absolute atomic E-state index is 13.9. The minimum absolute atomic E-state index is 0.0286. The minimum Gasteiger partial charge on any atom is -0.504 e. The van der Waals surface area contributed by atoms with E-state index in [0.29, 0.717) is 16.7 Å². The Bertz CT molecular complexity index is 1740. The number of Topliss-reactive ketones (excluding diaryl/α,β-unsaturated/α-hetero) is 1. The van der Waals surface area contributed by atoms with Gasteiger partial charge in [-0.05, 0) is 58.5 Å². The highest BCUT2D eigenvalue weighted by Gasteiger charge is 2.56. The maximum Gasteiger partial charge on any atom is 0.271 e. The Kier molecular flexibility index (Phi) is 6.77. The molecule has 4 aliphatic rings. The summed E-state index contributed by atoms with van der Waals surface area (Å²) in [5.74, 6) is -4.04. The van der Waals surface area contributed by atoms with Gasteiger partial charge in [0.05, 0.1) is 34.0 Å². The number of phenolic OH excluding ortho intramolecular Hbond substituents is 1. The van der Waals surface area contributed by atoms with Gasteiger partial charge in [0.1, 0.15) is 0 Å². The molecule has 0 spiro atoms. The lowest BCUT2D eigenvalue weighted by atomic mass is 9.61. The molecule has 1 N–H and O–H groups in total. The number of hydrogen-bond donors (Lipinski definition) is 1. The van der Waals surface area contributed by atoms with Crippen LogP contribution < -0.4 is 9.64 Å². The van der Waals surface area contributed by atoms with Gasteiger partial charge in [-0.3, -0.25) is 29.3 Å². The van der Waals surface area contributed by atoms with E-state index in [1.807, 2.05) is 6.08 Å². The summed E-state index contributed by atoms with van der Waals surface area (Å²) < 4.78 is 5.33. The number of ketones is 2. The number of imide groups is 1. The smallest absolute Gasteiger partial charge is 0.271 e. The molecule has 0 aromatic heterocycles. The highest BCUT2D eigenvalue weighted by molar-refractivity contribution is 9.12. The number of rotatable bonds is 5. The van der Waals surface area contributed by atoms with Crippen molar-refractivity contribution in [3.05, 3.63) is 97.6 Å². The summed E-state index contributed by atoms with van der Waals surface area (Å²) in [5.41, 5.74) is 1.96. The first-order valence-corrected chi connectivity index (χ1v) is 14.0. The number of hydrogen-bond acceptors (Lipinski definition) is 8. The Morgan fingerprint density at radius 3 is 2.62 bits per heavy atom. The fourth-order valence-corrected chi connectivity index (χ4v) is 6.94. The van der Waals surface area contributed by atoms with Crippen LogP contribution in [0.5, 0.6) is 11.5 Å². The first-order chi connectivity index (χ1) is 20.1. The van der Waals surface area contributed by atoms with E-state index >= 15 is 0 Å². The lowest BCUT2D eigenvalue weighted by Crippen LogP contribution is -2.40. The number of phenols is 1. The molecule has 3 aliphatic carbocycles. The Morgan fingerprint density at radius 1 is 1.10 bits per heavy atom. The van der Waals surface area contributed by atoms with E-state index in [0.717, 1.165) is 10.5 Å². The van der Waals surface area contributed by atoms with Crippen LogP contribution in [0.2, 0.25) is 0 Å². The molecule has 1 heterocycles. The first kappa shape index (κ1) is 27.5. The van der Waals surface area contributed by atoms with Crippen molar-refractivity contribution >= 4 is 56.8 Å². The summed E-state index contributed by atoms with van der Waals surface area (Å²) in [4.78, 5) is 65.8. The number of nitro groups is 1. The normalized spacial score (nSPS) is 25.2. The number of halogens is 1. The maximum atomic E-state index is 13.9. The number of benzene rings is 2. The van der Waals surface area contributed by atoms with Crippen LogP contribution in [0, 0.1) is 33.8 Å². The topological polar surface area (TPSA) is 144 Å². The number of amides is 2. The average molecular weight is 631 g/mol. The van der Waals surface area contributed by atoms with Crippen molar-refractivity contribution in [2.24, 2.45) is 23.7 Å². The highest BCUT2D eigenvalue weighted by atomic mass is 79.9. The van der Waals surface area contributed by atoms with Gasteiger partial charge in [0.15, 0.2) is 23.1 Å². The molecule has 4 unspecified atom stereocenters. The molecule has 11 heteroatoms. The van der Waals surface area contributed by atoms with Crippen LogP contribution in [0.15, 0.2) is 81.9 Å². The van der Waals surface area contributed by atoms with Gasteiger partial charge >= 0.3 is 0 Å². The summed E-state index contributed by atoms with van der Waals surface area (Å²) in [6, 6.07) is 10.2. The summed E-state index contributed by atoms with van der Waals surface area (Å²) >= 11 is 3.20. The van der Waals surface area contributed by atoms with Crippen LogP contribution in [0.4, 0.5) is 11.4 Å². The molecule has 1 fully saturated rings. The minimum atomic E-state index is -0.803. The second-order valence-electron chi connectivity index (χ2n) is 10.5. The molecule has 0 bridgehead atoms. The van der Waals surface area contributed by atoms with Gasteiger partial charge in [-0.15, -0.1) is 0 Å². The second kappa shape index (κ2) is 10.3. The van der Waals surface area contributed by atoms with Gasteiger partial charge in [0.2, 0.25) is 11.8 Å². The zero-order valence-electron chi connectivity index (χ0n) is 22.2. The molecule has 10 nitrogen and oxygen atoms in total. The van der Waals surface area contributed by atoms with Crippen LogP contribution in [-0.4, -0.2) is 40.5 Å². The zero-order valence-corrected chi connectivity index (χ0v) is 23.7. The predicted molar refractivity (Wildman–Crippen MR) is 155 cm³/mol. The van der Waals surface area contributed by atoms with Gasteiger partial charge in [0, 0.05) is 35.3 Å². The number of ether oxygens (including phenoxy) is 1. The molecule has 0 radical (unpaired) electrons. The SMILES string of the molecule is COc1cc(C=CC2C3=CCC4C(=O)N(c5cccc([N+](=O)[O-])c5)C(=O)C4C3CC3=C2C(=O)C=C(Br)C3=O)ccc1O. The van der Waals surface area contributed by atoms with Crippen LogP contribution in [0.3, 0.4) is 0 Å². The number of carbonyl (C=O) groups excluding carboxylic acids is 4. The lowest BCUT2D eigenvalue weighted by Gasteiger charge is -2.41. The van der Waals surface area contributed by atoms with Crippen molar-refractivity contribution in [1.82, 2.24) is 0 Å². The number of non-ortho nitro benzene ring substituents is 1. The van der Waals surface area contributed by atoms with Crippen molar-refractivity contribution in [3.8, 4) is 11.5 Å². The van der Waals surface area contributed by atoms with Crippen molar-refractivity contribution in [1.29, 1.82) is 0 Å². The van der Waals surface area contributed by atoms with Crippen LogP contribution in [0.1, 0.15) is 18.4 Å². The fraction of sp³-hybridized carbons (Fsp3) is 0.226. The molecular weight excluding hydrogens is 608 g/mol. The Hall–Kier alpha value is -4.64. The quantitative estimate of drug-likeness (QED) is 0.163. The van der Waals surface area contributed by atoms with Gasteiger partial charge in [0.25, 0.3) is 5.69 Å². The molecule has 2 aromatic rings. The number of aromatic hydroxyl groups is 1. The van der Waals surface area contributed by atoms with E-state index in [-0.39, 0.29) is 51.8 Å². The fourth-order valence-electron chi connectivity index (χ4n) is 6.49. The number of methoxy groups -OCH3 is 1. The Morgan fingerprint density at radius 2 is 1.88 bits per heavy atom. The number of carbonyl (C=O) groups is 4. The van der Waals surface area contributed by atoms with Crippen LogP contribution >= 0.6 is 15.9 Å². The van der Waals surface area contributed by atoms with E-state index in [4.69, 9.17) is 4.74 Å². The third kappa shape index (κ3) is 4.32. The van der Waals surface area contributed by atoms with E-state index < -0.39 is 40.4 Å². The summed E-state index contributed by atoms with van der Waals surface area (Å²) in [6.07, 6.45) is 7.04. The van der Waals surface area contributed by atoms with E-state index in [9.17, 15) is 34.4 Å². The Balaban J connectivity index is 1.42. The van der Waals surface area contributed by atoms with Gasteiger partial charge < -0.3 is 9.84 Å². The van der Waals surface area contributed by atoms with Crippen LogP contribution in [0.25, 0.3) is 6.08 Å². The molecule has 0 saturated carbocycles. The Labute approximate surface area is 247 Å². The third-order valence-electron chi connectivity index (χ3n) is 8.36. The average Bonchev–Trinajstić information content (AvgIpc) is 3.24. The molecule has 212 valence electrons. The number of nitrogens with zero attached hydrogens (tertiary/aromatic N) is 2. The van der Waals surface area contributed by atoms with E-state index in [1.54, 1.807) is 24.3 Å². The van der Waals surface area contributed by atoms with E-state index in [2.05, 4.69) is 15.9 Å². The first-order valence-electron chi connectivity index (χ1n) is 13.2. The zero-order chi connectivity index (χ0) is 29.9. The number of allylic oxidation sites excluding steroid dienone is 7. The summed E-state index contributed by atoms with van der Waals surface area (Å²) in [6.45, 7) is 0. The van der Waals surface area contributed by atoms with Crippen molar-refractivity contribution in [2.45, 2.75) is 12.8 Å². The highest BCUT2D eigenvalue weighted by Crippen LogP contribution is 2.53. The van der Waals surface area contributed by atoms with Crippen molar-refractivity contribution in [2.75, 3.05) is 12.0 Å². The molecule has 1 saturated heterocycles. The molecule has 42 heavy (non-hydrogen) atoms. The summed E-state index contributed by atoms with van der Waals surface area (Å²) in [7, 11) is 1.43. The standard InChI is InChI=1S/C31H23BrN2O8/c1-42-26-11-15(6-10-24(26)35)5-7-19-18-8-9-20-28(21(18)13-22-27(19)25(36)14-23(32)29(22)37)31(39)33(30(20)38)16-3-2-4-17(12-16)34(40)41/h2-8,10-12,14,19-21,28,35H,9,13H2,1H3. The summed E-state index contributed by atoms with van der Waals surface area (Å²) in [5, 5.41) is 21.3.